The average molecular weight is 224 g/mol. The van der Waals surface area contributed by atoms with E-state index in [-0.39, 0.29) is 11.6 Å². The van der Waals surface area contributed by atoms with Crippen molar-refractivity contribution in [3.63, 3.8) is 0 Å². The third kappa shape index (κ3) is 2.62. The molecule has 1 unspecified atom stereocenters. The van der Waals surface area contributed by atoms with Gasteiger partial charge in [0.05, 0.1) is 7.85 Å². The molecule has 0 N–H and O–H groups in total. The van der Waals surface area contributed by atoms with Gasteiger partial charge in [0, 0.05) is 11.4 Å². The molecule has 2 aromatic rings. The van der Waals surface area contributed by atoms with Crippen LogP contribution in [0.25, 0.3) is 0 Å². The van der Waals surface area contributed by atoms with Crippen molar-refractivity contribution >= 4 is 13.6 Å². The van der Waals surface area contributed by atoms with Gasteiger partial charge in [-0.3, -0.25) is 4.79 Å². The van der Waals surface area contributed by atoms with Gasteiger partial charge >= 0.3 is 0 Å². The van der Waals surface area contributed by atoms with Crippen molar-refractivity contribution in [1.82, 2.24) is 0 Å². The summed E-state index contributed by atoms with van der Waals surface area (Å²) < 4.78 is 12.7. The summed E-state index contributed by atoms with van der Waals surface area (Å²) in [4.78, 5) is 12.0. The van der Waals surface area contributed by atoms with Crippen LogP contribution in [0, 0.1) is 5.82 Å². The van der Waals surface area contributed by atoms with E-state index in [1.807, 2.05) is 18.2 Å². The van der Waals surface area contributed by atoms with Crippen LogP contribution < -0.4 is 0 Å². The van der Waals surface area contributed by atoms with Crippen molar-refractivity contribution in [2.75, 3.05) is 0 Å². The molecule has 3 heteroatoms. The Hall–Kier alpha value is -1.90. The summed E-state index contributed by atoms with van der Waals surface area (Å²) in [5.41, 5.74) is 1.17. The molecule has 2 aromatic carbocycles. The van der Waals surface area contributed by atoms with Gasteiger partial charge in [-0.1, -0.05) is 30.3 Å². The number of ketones is 1. The molecule has 0 aliphatic carbocycles. The lowest BCUT2D eigenvalue weighted by Gasteiger charge is -2.11. The van der Waals surface area contributed by atoms with Crippen LogP contribution in [0.4, 0.5) is 4.39 Å². The molecular formula is C14H10BFO. The van der Waals surface area contributed by atoms with E-state index in [0.717, 1.165) is 5.56 Å². The highest BCUT2D eigenvalue weighted by Gasteiger charge is 2.16. The Morgan fingerprint density at radius 2 is 1.59 bits per heavy atom. The summed E-state index contributed by atoms with van der Waals surface area (Å²) in [5, 5.41) is 0. The SMILES string of the molecule is [B]C(C(=O)c1ccc(F)cc1)c1ccccc1. The van der Waals surface area contributed by atoms with Crippen LogP contribution >= 0.6 is 0 Å². The summed E-state index contributed by atoms with van der Waals surface area (Å²) in [6, 6.07) is 14.5. The Balaban J connectivity index is 2.23. The predicted octanol–water partition coefficient (Wildman–Crippen LogP) is 2.92. The van der Waals surface area contributed by atoms with Gasteiger partial charge in [-0.05, 0) is 29.8 Å². The molecule has 0 saturated heterocycles. The Morgan fingerprint density at radius 3 is 2.18 bits per heavy atom. The van der Waals surface area contributed by atoms with Gasteiger partial charge in [0.25, 0.3) is 0 Å². The van der Waals surface area contributed by atoms with E-state index < -0.39 is 5.82 Å². The number of carbonyl (C=O) groups is 1. The number of hydrogen-bond acceptors (Lipinski definition) is 1. The van der Waals surface area contributed by atoms with Gasteiger partial charge < -0.3 is 0 Å². The molecule has 0 saturated carbocycles. The number of benzene rings is 2. The molecular weight excluding hydrogens is 214 g/mol. The second-order valence-electron chi connectivity index (χ2n) is 3.76. The van der Waals surface area contributed by atoms with Gasteiger partial charge in [0.2, 0.25) is 0 Å². The van der Waals surface area contributed by atoms with Gasteiger partial charge in [0.15, 0.2) is 5.78 Å². The first-order chi connectivity index (χ1) is 8.18. The Morgan fingerprint density at radius 1 is 1.00 bits per heavy atom. The molecule has 0 fully saturated rings. The minimum absolute atomic E-state index is 0.212. The predicted molar refractivity (Wildman–Crippen MR) is 65.7 cm³/mol. The van der Waals surface area contributed by atoms with E-state index >= 15 is 0 Å². The van der Waals surface area contributed by atoms with E-state index in [1.54, 1.807) is 12.1 Å². The molecule has 0 aliphatic heterocycles. The van der Waals surface area contributed by atoms with Gasteiger partial charge in [-0.15, -0.1) is 0 Å². The van der Waals surface area contributed by atoms with Gasteiger partial charge in [-0.2, -0.15) is 0 Å². The quantitative estimate of drug-likeness (QED) is 0.578. The molecule has 17 heavy (non-hydrogen) atoms. The minimum Gasteiger partial charge on any atom is -0.294 e. The highest BCUT2D eigenvalue weighted by Crippen LogP contribution is 2.17. The zero-order chi connectivity index (χ0) is 12.3. The first-order valence-corrected chi connectivity index (χ1v) is 5.29. The van der Waals surface area contributed by atoms with Crippen molar-refractivity contribution in [1.29, 1.82) is 0 Å². The lowest BCUT2D eigenvalue weighted by molar-refractivity contribution is 0.0987. The van der Waals surface area contributed by atoms with Crippen LogP contribution in [-0.2, 0) is 0 Å². The maximum atomic E-state index is 12.7. The van der Waals surface area contributed by atoms with E-state index in [1.165, 1.54) is 24.3 Å². The van der Waals surface area contributed by atoms with Crippen molar-refractivity contribution in [2.45, 2.75) is 5.82 Å². The first kappa shape index (κ1) is 11.6. The lowest BCUT2D eigenvalue weighted by atomic mass is 9.76. The number of halogens is 1. The molecule has 0 amide bonds. The summed E-state index contributed by atoms with van der Waals surface area (Å²) >= 11 is 0. The van der Waals surface area contributed by atoms with Gasteiger partial charge in [-0.25, -0.2) is 4.39 Å². The largest absolute Gasteiger partial charge is 0.294 e. The Labute approximate surface area is 101 Å². The van der Waals surface area contributed by atoms with Crippen LogP contribution in [0.15, 0.2) is 54.6 Å². The second-order valence-corrected chi connectivity index (χ2v) is 3.76. The van der Waals surface area contributed by atoms with Crippen LogP contribution in [0.5, 0.6) is 0 Å². The summed E-state index contributed by atoms with van der Waals surface area (Å²) in [5.74, 6) is -1.28. The molecule has 0 aliphatic rings. The van der Waals surface area contributed by atoms with E-state index in [2.05, 4.69) is 0 Å². The van der Waals surface area contributed by atoms with Crippen molar-refractivity contribution in [3.8, 4) is 0 Å². The maximum absolute atomic E-state index is 12.7. The lowest BCUT2D eigenvalue weighted by Crippen LogP contribution is -2.12. The molecule has 0 aromatic heterocycles. The fourth-order valence-electron chi connectivity index (χ4n) is 1.61. The molecule has 1 atom stereocenters. The maximum Gasteiger partial charge on any atom is 0.161 e. The third-order valence-electron chi connectivity index (χ3n) is 2.57. The molecule has 0 heterocycles. The normalized spacial score (nSPS) is 12.1. The van der Waals surface area contributed by atoms with Crippen LogP contribution in [-0.4, -0.2) is 13.6 Å². The first-order valence-electron chi connectivity index (χ1n) is 5.29. The molecule has 0 spiro atoms. The topological polar surface area (TPSA) is 17.1 Å². The van der Waals surface area contributed by atoms with E-state index in [0.29, 0.717) is 5.56 Å². The highest BCUT2D eigenvalue weighted by atomic mass is 19.1. The van der Waals surface area contributed by atoms with Crippen molar-refractivity contribution in [2.24, 2.45) is 0 Å². The van der Waals surface area contributed by atoms with E-state index in [9.17, 15) is 9.18 Å². The molecule has 82 valence electrons. The number of rotatable bonds is 3. The second kappa shape index (κ2) is 4.96. The fourth-order valence-corrected chi connectivity index (χ4v) is 1.61. The van der Waals surface area contributed by atoms with Crippen LogP contribution in [0.2, 0.25) is 0 Å². The smallest absolute Gasteiger partial charge is 0.161 e. The fraction of sp³-hybridized carbons (Fsp3) is 0.0714. The third-order valence-corrected chi connectivity index (χ3v) is 2.57. The molecule has 2 rings (SSSR count). The number of Topliss-reactive ketones (excluding diaryl/α,β-unsaturated/α-hetero) is 1. The van der Waals surface area contributed by atoms with E-state index in [4.69, 9.17) is 7.85 Å². The average Bonchev–Trinajstić information content (AvgIpc) is 2.39. The van der Waals surface area contributed by atoms with Crippen LogP contribution in [0.1, 0.15) is 21.7 Å². The summed E-state index contributed by atoms with van der Waals surface area (Å²) in [6.07, 6.45) is 0. The Bertz CT molecular complexity index is 508. The Kier molecular flexibility index (Phi) is 3.38. The van der Waals surface area contributed by atoms with Crippen LogP contribution in [0.3, 0.4) is 0 Å². The molecule has 0 bridgehead atoms. The standard InChI is InChI=1S/C14H10BFO/c15-13(10-4-2-1-3-5-10)14(17)11-6-8-12(16)9-7-11/h1-9,13H. The summed E-state index contributed by atoms with van der Waals surface area (Å²) in [6.45, 7) is 0. The molecule has 1 nitrogen and oxygen atoms in total. The molecule has 2 radical (unpaired) electrons. The zero-order valence-electron chi connectivity index (χ0n) is 9.14. The number of carbonyl (C=O) groups excluding carboxylic acids is 1. The van der Waals surface area contributed by atoms with Crippen molar-refractivity contribution < 1.29 is 9.18 Å². The van der Waals surface area contributed by atoms with Crippen molar-refractivity contribution in [3.05, 3.63) is 71.5 Å². The monoisotopic (exact) mass is 224 g/mol. The zero-order valence-corrected chi connectivity index (χ0v) is 9.14. The number of hydrogen-bond donors (Lipinski definition) is 0. The minimum atomic E-state index is -0.707. The van der Waals surface area contributed by atoms with Gasteiger partial charge in [0.1, 0.15) is 5.82 Å². The highest BCUT2D eigenvalue weighted by molar-refractivity contribution is 6.28. The summed E-state index contributed by atoms with van der Waals surface area (Å²) in [7, 11) is 5.87.